The molecule has 1 aliphatic carbocycles. The average molecular weight is 338 g/mol. The molecule has 1 aliphatic heterocycles. The second kappa shape index (κ2) is 6.04. The molecule has 2 aliphatic rings. The van der Waals surface area contributed by atoms with Gasteiger partial charge >= 0.3 is 0 Å². The fourth-order valence-electron chi connectivity index (χ4n) is 2.99. The Hall–Kier alpha value is -0.580. The number of hydrogen-bond donors (Lipinski definition) is 1. The van der Waals surface area contributed by atoms with E-state index in [9.17, 15) is 0 Å². The van der Waals surface area contributed by atoms with Crippen LogP contribution in [0.4, 0.5) is 5.69 Å². The number of rotatable bonds is 4. The lowest BCUT2D eigenvalue weighted by atomic mass is 10.1. The highest BCUT2D eigenvalue weighted by atomic mass is 79.9. The smallest absolute Gasteiger partial charge is 0.0426 e. The Kier molecular flexibility index (Phi) is 4.34. The van der Waals surface area contributed by atoms with Gasteiger partial charge in [-0.2, -0.15) is 0 Å². The quantitative estimate of drug-likeness (QED) is 0.911. The van der Waals surface area contributed by atoms with Crippen LogP contribution in [0, 0.1) is 0 Å². The van der Waals surface area contributed by atoms with Crippen LogP contribution < -0.4 is 10.2 Å². The van der Waals surface area contributed by atoms with E-state index in [0.29, 0.717) is 6.04 Å². The fourth-order valence-corrected chi connectivity index (χ4v) is 3.34. The van der Waals surface area contributed by atoms with Gasteiger partial charge in [-0.15, -0.1) is 0 Å². The van der Waals surface area contributed by atoms with Crippen molar-refractivity contribution in [2.45, 2.75) is 38.4 Å². The van der Waals surface area contributed by atoms with Crippen LogP contribution in [0.15, 0.2) is 22.7 Å². The van der Waals surface area contributed by atoms with Gasteiger partial charge in [0.1, 0.15) is 0 Å². The maximum Gasteiger partial charge on any atom is 0.0426 e. The number of halogens is 1. The van der Waals surface area contributed by atoms with Gasteiger partial charge in [-0.3, -0.25) is 0 Å². The average Bonchev–Trinajstić information content (AvgIpc) is 3.21. The topological polar surface area (TPSA) is 18.5 Å². The molecule has 1 heterocycles. The highest BCUT2D eigenvalue weighted by molar-refractivity contribution is 9.10. The molecule has 3 nitrogen and oxygen atoms in total. The molecule has 0 spiro atoms. The number of nitrogens with zero attached hydrogens (tertiary/aromatic N) is 2. The third-order valence-corrected chi connectivity index (χ3v) is 4.84. The number of nitrogens with one attached hydrogen (secondary N) is 1. The summed E-state index contributed by atoms with van der Waals surface area (Å²) in [6, 6.07) is 8.04. The zero-order chi connectivity index (χ0) is 14.1. The van der Waals surface area contributed by atoms with E-state index >= 15 is 0 Å². The summed E-state index contributed by atoms with van der Waals surface area (Å²) in [6.07, 6.45) is 2.69. The summed E-state index contributed by atoms with van der Waals surface area (Å²) in [6.45, 7) is 6.72. The predicted molar refractivity (Wildman–Crippen MR) is 88.3 cm³/mol. The number of likely N-dealkylation sites (N-methyl/N-ethyl adjacent to an activating group) is 1. The minimum absolute atomic E-state index is 0.572. The summed E-state index contributed by atoms with van der Waals surface area (Å²) in [5.74, 6) is 0. The van der Waals surface area contributed by atoms with Crippen molar-refractivity contribution in [3.05, 3.63) is 28.2 Å². The van der Waals surface area contributed by atoms with E-state index in [1.165, 1.54) is 28.6 Å². The number of hydrogen-bond acceptors (Lipinski definition) is 3. The molecule has 0 aromatic heterocycles. The Morgan fingerprint density at radius 3 is 2.80 bits per heavy atom. The lowest BCUT2D eigenvalue weighted by Crippen LogP contribution is -2.50. The van der Waals surface area contributed by atoms with Crippen LogP contribution in [0.1, 0.15) is 25.3 Å². The maximum absolute atomic E-state index is 3.64. The molecule has 3 rings (SSSR count). The van der Waals surface area contributed by atoms with Gasteiger partial charge in [-0.05, 0) is 44.5 Å². The van der Waals surface area contributed by atoms with Gasteiger partial charge in [-0.25, -0.2) is 0 Å². The zero-order valence-electron chi connectivity index (χ0n) is 12.4. The van der Waals surface area contributed by atoms with E-state index < -0.39 is 0 Å². The first-order valence-corrected chi connectivity index (χ1v) is 8.40. The molecule has 2 fully saturated rings. The van der Waals surface area contributed by atoms with Crippen molar-refractivity contribution in [1.82, 2.24) is 10.2 Å². The molecule has 0 bridgehead atoms. The van der Waals surface area contributed by atoms with Crippen LogP contribution in [0.2, 0.25) is 0 Å². The van der Waals surface area contributed by atoms with Crippen molar-refractivity contribution in [3.63, 3.8) is 0 Å². The third-order valence-electron chi connectivity index (χ3n) is 4.35. The van der Waals surface area contributed by atoms with Crippen LogP contribution in [-0.2, 0) is 6.54 Å². The van der Waals surface area contributed by atoms with Gasteiger partial charge in [-0.1, -0.05) is 22.0 Å². The molecule has 1 saturated heterocycles. The minimum Gasteiger partial charge on any atom is -0.366 e. The molecule has 1 unspecified atom stereocenters. The molecular formula is C16H24BrN3. The van der Waals surface area contributed by atoms with Crippen molar-refractivity contribution in [3.8, 4) is 0 Å². The van der Waals surface area contributed by atoms with Gasteiger partial charge < -0.3 is 15.1 Å². The largest absolute Gasteiger partial charge is 0.366 e. The molecule has 1 aromatic carbocycles. The van der Waals surface area contributed by atoms with E-state index in [1.807, 2.05) is 0 Å². The first kappa shape index (κ1) is 14.4. The third kappa shape index (κ3) is 3.35. The molecule has 0 amide bonds. The summed E-state index contributed by atoms with van der Waals surface area (Å²) in [5, 5.41) is 3.64. The predicted octanol–water partition coefficient (Wildman–Crippen LogP) is 2.84. The fraction of sp³-hybridized carbons (Fsp3) is 0.625. The molecule has 1 aromatic rings. The molecule has 20 heavy (non-hydrogen) atoms. The second-order valence-corrected chi connectivity index (χ2v) is 7.15. The summed E-state index contributed by atoms with van der Waals surface area (Å²) in [7, 11) is 2.21. The van der Waals surface area contributed by atoms with Crippen molar-refractivity contribution < 1.29 is 0 Å². The standard InChI is InChI=1S/C16H24BrN3/c1-12-11-19(2)7-8-20(12)16-9-14(17)4-3-13(16)10-18-15-5-6-15/h3-4,9,12,15,18H,5-8,10-11H2,1-2H3. The highest BCUT2D eigenvalue weighted by Crippen LogP contribution is 2.29. The van der Waals surface area contributed by atoms with Crippen molar-refractivity contribution >= 4 is 21.6 Å². The number of anilines is 1. The first-order valence-electron chi connectivity index (χ1n) is 7.60. The molecule has 1 saturated carbocycles. The SMILES string of the molecule is CC1CN(C)CCN1c1cc(Br)ccc1CNC1CC1. The van der Waals surface area contributed by atoms with Gasteiger partial charge in [0.15, 0.2) is 0 Å². The summed E-state index contributed by atoms with van der Waals surface area (Å²) in [5.41, 5.74) is 2.82. The monoisotopic (exact) mass is 337 g/mol. The van der Waals surface area contributed by atoms with E-state index in [0.717, 1.165) is 32.2 Å². The van der Waals surface area contributed by atoms with Crippen molar-refractivity contribution in [2.24, 2.45) is 0 Å². The zero-order valence-corrected chi connectivity index (χ0v) is 14.0. The number of piperazine rings is 1. The normalized spacial score (nSPS) is 24.1. The molecule has 4 heteroatoms. The molecule has 110 valence electrons. The summed E-state index contributed by atoms with van der Waals surface area (Å²) >= 11 is 3.63. The molecule has 0 radical (unpaired) electrons. The Balaban J connectivity index is 1.80. The molecule has 1 N–H and O–H groups in total. The summed E-state index contributed by atoms with van der Waals surface area (Å²) in [4.78, 5) is 4.98. The lowest BCUT2D eigenvalue weighted by molar-refractivity contribution is 0.275. The number of benzene rings is 1. The van der Waals surface area contributed by atoms with Gasteiger partial charge in [0.2, 0.25) is 0 Å². The first-order chi connectivity index (χ1) is 9.63. The van der Waals surface area contributed by atoms with E-state index in [-0.39, 0.29) is 0 Å². The van der Waals surface area contributed by atoms with Crippen LogP contribution in [0.3, 0.4) is 0 Å². The summed E-state index contributed by atoms with van der Waals surface area (Å²) < 4.78 is 1.17. The Morgan fingerprint density at radius 1 is 1.30 bits per heavy atom. The van der Waals surface area contributed by atoms with Crippen molar-refractivity contribution in [2.75, 3.05) is 31.6 Å². The minimum atomic E-state index is 0.572. The van der Waals surface area contributed by atoms with E-state index in [1.54, 1.807) is 0 Å². The second-order valence-electron chi connectivity index (χ2n) is 6.23. The van der Waals surface area contributed by atoms with Crippen LogP contribution in [0.5, 0.6) is 0 Å². The van der Waals surface area contributed by atoms with Crippen LogP contribution in [0.25, 0.3) is 0 Å². The molecule has 1 atom stereocenters. The maximum atomic E-state index is 3.64. The van der Waals surface area contributed by atoms with Gasteiger partial charge in [0, 0.05) is 48.4 Å². The highest BCUT2D eigenvalue weighted by Gasteiger charge is 2.25. The van der Waals surface area contributed by atoms with Crippen molar-refractivity contribution in [1.29, 1.82) is 0 Å². The lowest BCUT2D eigenvalue weighted by Gasteiger charge is -2.40. The Morgan fingerprint density at radius 2 is 2.10 bits per heavy atom. The van der Waals surface area contributed by atoms with Crippen LogP contribution in [-0.4, -0.2) is 43.7 Å². The molecular weight excluding hydrogens is 314 g/mol. The van der Waals surface area contributed by atoms with Gasteiger partial charge in [0.25, 0.3) is 0 Å². The van der Waals surface area contributed by atoms with E-state index in [2.05, 4.69) is 63.2 Å². The van der Waals surface area contributed by atoms with Crippen LogP contribution >= 0.6 is 15.9 Å². The Bertz CT molecular complexity index is 473. The van der Waals surface area contributed by atoms with Gasteiger partial charge in [0.05, 0.1) is 0 Å². The Labute approximate surface area is 130 Å². The van der Waals surface area contributed by atoms with E-state index in [4.69, 9.17) is 0 Å².